The topological polar surface area (TPSA) is 83.7 Å². The Morgan fingerprint density at radius 1 is 1.31 bits per heavy atom. The molecule has 1 aromatic heterocycles. The second-order valence-corrected chi connectivity index (χ2v) is 9.46. The molecule has 0 saturated heterocycles. The molecule has 2 N–H and O–H groups in total. The minimum atomic E-state index is -3.60. The van der Waals surface area contributed by atoms with E-state index in [0.29, 0.717) is 44.6 Å². The number of thiophene rings is 1. The van der Waals surface area contributed by atoms with Crippen LogP contribution in [0.2, 0.25) is 0 Å². The van der Waals surface area contributed by atoms with E-state index in [9.17, 15) is 13.2 Å². The van der Waals surface area contributed by atoms with Gasteiger partial charge in [0.2, 0.25) is 0 Å². The highest BCUT2D eigenvalue weighted by Crippen LogP contribution is 2.29. The lowest BCUT2D eigenvalue weighted by Crippen LogP contribution is -2.35. The standard InChI is InChI=1S/C18H23N3O3S2/c1-20(9-4-8-19)18(22)16-11-17(25-13-16)26(23,24)21-10-7-14-5-2-3-6-15(14)12-21/h2-3,5-6,11,13H,4,7-10,12,19H2,1H3. The zero-order valence-electron chi connectivity index (χ0n) is 14.7. The molecular formula is C18H23N3O3S2. The fraction of sp³-hybridized carbons (Fsp3) is 0.389. The fourth-order valence-corrected chi connectivity index (χ4v) is 5.74. The van der Waals surface area contributed by atoms with Gasteiger partial charge in [0.1, 0.15) is 4.21 Å². The summed E-state index contributed by atoms with van der Waals surface area (Å²) >= 11 is 1.10. The van der Waals surface area contributed by atoms with Crippen LogP contribution in [-0.2, 0) is 23.0 Å². The van der Waals surface area contributed by atoms with Crippen LogP contribution < -0.4 is 5.73 Å². The molecule has 0 bridgehead atoms. The summed E-state index contributed by atoms with van der Waals surface area (Å²) < 4.78 is 27.6. The molecular weight excluding hydrogens is 370 g/mol. The first-order valence-electron chi connectivity index (χ1n) is 8.54. The maximum atomic E-state index is 13.0. The third-order valence-corrected chi connectivity index (χ3v) is 7.82. The van der Waals surface area contributed by atoms with E-state index in [1.54, 1.807) is 17.3 Å². The van der Waals surface area contributed by atoms with Gasteiger partial charge in [0.25, 0.3) is 15.9 Å². The molecule has 6 nitrogen and oxygen atoms in total. The van der Waals surface area contributed by atoms with Gasteiger partial charge in [0, 0.05) is 32.1 Å². The van der Waals surface area contributed by atoms with Gasteiger partial charge >= 0.3 is 0 Å². The maximum Gasteiger partial charge on any atom is 0.254 e. The predicted molar refractivity (Wildman–Crippen MR) is 103 cm³/mol. The van der Waals surface area contributed by atoms with Crippen LogP contribution in [-0.4, -0.2) is 50.2 Å². The second kappa shape index (κ2) is 7.87. The summed E-state index contributed by atoms with van der Waals surface area (Å²) in [6, 6.07) is 9.39. The molecule has 3 rings (SSSR count). The Balaban J connectivity index is 1.77. The minimum absolute atomic E-state index is 0.180. The van der Waals surface area contributed by atoms with Gasteiger partial charge in [-0.05, 0) is 36.6 Å². The van der Waals surface area contributed by atoms with Crippen molar-refractivity contribution in [1.29, 1.82) is 0 Å². The normalized spacial score (nSPS) is 14.8. The van der Waals surface area contributed by atoms with Gasteiger partial charge in [-0.25, -0.2) is 8.42 Å². The monoisotopic (exact) mass is 393 g/mol. The first-order chi connectivity index (χ1) is 12.4. The number of carbonyl (C=O) groups excluding carboxylic acids is 1. The molecule has 1 aromatic carbocycles. The molecule has 0 unspecified atom stereocenters. The van der Waals surface area contributed by atoms with Crippen LogP contribution >= 0.6 is 11.3 Å². The van der Waals surface area contributed by atoms with Crippen LogP contribution in [0.15, 0.2) is 39.9 Å². The van der Waals surface area contributed by atoms with Crippen molar-refractivity contribution < 1.29 is 13.2 Å². The third kappa shape index (κ3) is 3.83. The van der Waals surface area contributed by atoms with Gasteiger partial charge in [-0.1, -0.05) is 24.3 Å². The Labute approximate surface area is 158 Å². The van der Waals surface area contributed by atoms with E-state index in [-0.39, 0.29) is 10.1 Å². The summed E-state index contributed by atoms with van der Waals surface area (Å²) in [5.74, 6) is -0.180. The zero-order valence-corrected chi connectivity index (χ0v) is 16.4. The number of nitrogens with zero attached hydrogens (tertiary/aromatic N) is 2. The summed E-state index contributed by atoms with van der Waals surface area (Å²) in [5.41, 5.74) is 8.12. The maximum absolute atomic E-state index is 13.0. The molecule has 26 heavy (non-hydrogen) atoms. The summed E-state index contributed by atoms with van der Waals surface area (Å²) in [6.45, 7) is 1.89. The molecule has 1 amide bonds. The number of rotatable bonds is 6. The van der Waals surface area contributed by atoms with E-state index in [1.807, 2.05) is 24.3 Å². The Hall–Kier alpha value is -1.74. The minimum Gasteiger partial charge on any atom is -0.342 e. The van der Waals surface area contributed by atoms with Gasteiger partial charge in [0.15, 0.2) is 0 Å². The molecule has 8 heteroatoms. The summed E-state index contributed by atoms with van der Waals surface area (Å²) in [4.78, 5) is 14.0. The van der Waals surface area contributed by atoms with Crippen molar-refractivity contribution in [3.63, 3.8) is 0 Å². The number of carbonyl (C=O) groups is 1. The molecule has 0 fully saturated rings. The van der Waals surface area contributed by atoms with Gasteiger partial charge in [-0.15, -0.1) is 11.3 Å². The van der Waals surface area contributed by atoms with Crippen molar-refractivity contribution in [2.45, 2.75) is 23.6 Å². The lowest BCUT2D eigenvalue weighted by Gasteiger charge is -2.27. The zero-order chi connectivity index (χ0) is 18.7. The average molecular weight is 394 g/mol. The van der Waals surface area contributed by atoms with E-state index < -0.39 is 10.0 Å². The van der Waals surface area contributed by atoms with Gasteiger partial charge in [-0.3, -0.25) is 4.79 Å². The van der Waals surface area contributed by atoms with E-state index in [2.05, 4.69) is 0 Å². The van der Waals surface area contributed by atoms with Crippen LogP contribution in [0, 0.1) is 0 Å². The van der Waals surface area contributed by atoms with Gasteiger partial charge in [-0.2, -0.15) is 4.31 Å². The van der Waals surface area contributed by atoms with E-state index in [1.165, 1.54) is 15.9 Å². The third-order valence-electron chi connectivity index (χ3n) is 4.56. The molecule has 0 aliphatic carbocycles. The highest BCUT2D eigenvalue weighted by atomic mass is 32.2. The molecule has 2 heterocycles. The summed E-state index contributed by atoms with van der Waals surface area (Å²) in [7, 11) is -1.90. The van der Waals surface area contributed by atoms with Gasteiger partial charge < -0.3 is 10.6 Å². The Morgan fingerprint density at radius 3 is 2.77 bits per heavy atom. The Morgan fingerprint density at radius 2 is 2.04 bits per heavy atom. The molecule has 1 aliphatic heterocycles. The molecule has 2 aromatic rings. The molecule has 0 atom stereocenters. The highest BCUT2D eigenvalue weighted by molar-refractivity contribution is 7.91. The van der Waals surface area contributed by atoms with Crippen molar-refractivity contribution in [2.24, 2.45) is 5.73 Å². The quantitative estimate of drug-likeness (QED) is 0.813. The number of hydrogen-bond acceptors (Lipinski definition) is 5. The fourth-order valence-electron chi connectivity index (χ4n) is 3.02. The first kappa shape index (κ1) is 19.0. The van der Waals surface area contributed by atoms with Crippen LogP contribution in [0.5, 0.6) is 0 Å². The average Bonchev–Trinajstić information content (AvgIpc) is 3.16. The van der Waals surface area contributed by atoms with Crippen LogP contribution in [0.1, 0.15) is 27.9 Å². The number of benzene rings is 1. The number of fused-ring (bicyclic) bond motifs is 1. The molecule has 0 saturated carbocycles. The van der Waals surface area contributed by atoms with Crippen molar-refractivity contribution in [1.82, 2.24) is 9.21 Å². The lowest BCUT2D eigenvalue weighted by atomic mass is 10.0. The first-order valence-corrected chi connectivity index (χ1v) is 10.9. The SMILES string of the molecule is CN(CCCN)C(=O)c1csc(S(=O)(=O)N2CCc3ccccc3C2)c1. The van der Waals surface area contributed by atoms with Crippen LogP contribution in [0.4, 0.5) is 0 Å². The number of hydrogen-bond donors (Lipinski definition) is 1. The van der Waals surface area contributed by atoms with Crippen LogP contribution in [0.3, 0.4) is 0 Å². The van der Waals surface area contributed by atoms with Crippen molar-refractivity contribution in [3.05, 3.63) is 52.4 Å². The van der Waals surface area contributed by atoms with Gasteiger partial charge in [0.05, 0.1) is 5.56 Å². The molecule has 140 valence electrons. The van der Waals surface area contributed by atoms with Crippen molar-refractivity contribution >= 4 is 27.3 Å². The number of nitrogens with two attached hydrogens (primary N) is 1. The summed E-state index contributed by atoms with van der Waals surface area (Å²) in [5, 5.41) is 1.62. The van der Waals surface area contributed by atoms with E-state index in [4.69, 9.17) is 5.73 Å². The molecule has 0 spiro atoms. The van der Waals surface area contributed by atoms with E-state index in [0.717, 1.165) is 16.9 Å². The number of sulfonamides is 1. The second-order valence-electron chi connectivity index (χ2n) is 6.38. The largest absolute Gasteiger partial charge is 0.342 e. The molecule has 1 aliphatic rings. The lowest BCUT2D eigenvalue weighted by molar-refractivity contribution is 0.0795. The van der Waals surface area contributed by atoms with Crippen molar-refractivity contribution in [3.8, 4) is 0 Å². The Bertz CT molecular complexity index is 893. The predicted octanol–water partition coefficient (Wildman–Crippen LogP) is 1.92. The smallest absolute Gasteiger partial charge is 0.254 e. The number of amides is 1. The Kier molecular flexibility index (Phi) is 5.76. The summed E-state index contributed by atoms with van der Waals surface area (Å²) in [6.07, 6.45) is 1.42. The highest BCUT2D eigenvalue weighted by Gasteiger charge is 2.30. The van der Waals surface area contributed by atoms with E-state index >= 15 is 0 Å². The van der Waals surface area contributed by atoms with Crippen LogP contribution in [0.25, 0.3) is 0 Å². The molecule has 0 radical (unpaired) electrons. The van der Waals surface area contributed by atoms with Crippen molar-refractivity contribution in [2.75, 3.05) is 26.7 Å².